The Balaban J connectivity index is 1.98. The van der Waals surface area contributed by atoms with Crippen molar-refractivity contribution < 1.29 is 0 Å². The molecule has 0 spiro atoms. The molecule has 0 fully saturated rings. The Morgan fingerprint density at radius 3 is 2.45 bits per heavy atom. The monoisotopic (exact) mass is 259 g/mol. The van der Waals surface area contributed by atoms with E-state index in [0.717, 1.165) is 22.4 Å². The fraction of sp³-hybridized carbons (Fsp3) is 0.0588. The number of hydrogen-bond donors (Lipinski definition) is 0. The van der Waals surface area contributed by atoms with Gasteiger partial charge in [0.2, 0.25) is 0 Å². The first kappa shape index (κ1) is 12.2. The topological polar surface area (TPSA) is 39.9 Å². The molecule has 0 saturated carbocycles. The highest BCUT2D eigenvalue weighted by Gasteiger charge is 2.06. The Bertz CT molecular complexity index is 785. The smallest absolute Gasteiger partial charge is 0.133 e. The lowest BCUT2D eigenvalue weighted by molar-refractivity contribution is 1.15. The van der Waals surface area contributed by atoms with Crippen molar-refractivity contribution in [1.29, 1.82) is 5.26 Å². The molecule has 3 nitrogen and oxygen atoms in total. The third-order valence-electron chi connectivity index (χ3n) is 3.31. The van der Waals surface area contributed by atoms with Gasteiger partial charge in [-0.1, -0.05) is 18.2 Å². The van der Waals surface area contributed by atoms with Crippen LogP contribution in [0, 0.1) is 11.3 Å². The van der Waals surface area contributed by atoms with Gasteiger partial charge in [-0.05, 0) is 42.5 Å². The SMILES string of the molecule is CN(c1ccc(C#N)cc1)c1ccc2ccccc2n1. The molecule has 1 heterocycles. The van der Waals surface area contributed by atoms with E-state index in [1.165, 1.54) is 0 Å². The summed E-state index contributed by atoms with van der Waals surface area (Å²) in [5.41, 5.74) is 2.64. The highest BCUT2D eigenvalue weighted by atomic mass is 15.2. The number of aromatic nitrogens is 1. The summed E-state index contributed by atoms with van der Waals surface area (Å²) in [7, 11) is 1.97. The summed E-state index contributed by atoms with van der Waals surface area (Å²) in [6, 6.07) is 21.7. The Labute approximate surface area is 117 Å². The van der Waals surface area contributed by atoms with Gasteiger partial charge in [-0.3, -0.25) is 0 Å². The number of benzene rings is 2. The zero-order valence-electron chi connectivity index (χ0n) is 11.1. The average molecular weight is 259 g/mol. The fourth-order valence-electron chi connectivity index (χ4n) is 2.13. The maximum absolute atomic E-state index is 8.83. The van der Waals surface area contributed by atoms with Gasteiger partial charge in [0, 0.05) is 18.1 Å². The predicted octanol–water partition coefficient (Wildman–Crippen LogP) is 3.87. The van der Waals surface area contributed by atoms with Crippen LogP contribution >= 0.6 is 0 Å². The first-order valence-electron chi connectivity index (χ1n) is 6.37. The highest BCUT2D eigenvalue weighted by Crippen LogP contribution is 2.24. The molecule has 0 saturated heterocycles. The second-order valence-corrected chi connectivity index (χ2v) is 4.58. The molecule has 0 bridgehead atoms. The van der Waals surface area contributed by atoms with Crippen molar-refractivity contribution >= 4 is 22.4 Å². The van der Waals surface area contributed by atoms with Crippen LogP contribution in [0.3, 0.4) is 0 Å². The lowest BCUT2D eigenvalue weighted by Crippen LogP contribution is -2.10. The molecule has 0 amide bonds. The lowest BCUT2D eigenvalue weighted by atomic mass is 10.2. The molecular formula is C17H13N3. The third-order valence-corrected chi connectivity index (χ3v) is 3.31. The molecule has 0 aliphatic carbocycles. The molecule has 0 N–H and O–H groups in total. The Hall–Kier alpha value is -2.86. The van der Waals surface area contributed by atoms with Gasteiger partial charge in [-0.2, -0.15) is 5.26 Å². The number of anilines is 2. The minimum atomic E-state index is 0.661. The van der Waals surface area contributed by atoms with Crippen molar-refractivity contribution in [2.24, 2.45) is 0 Å². The predicted molar refractivity (Wildman–Crippen MR) is 81.0 cm³/mol. The molecule has 0 aliphatic heterocycles. The van der Waals surface area contributed by atoms with Crippen molar-refractivity contribution in [2.45, 2.75) is 0 Å². The van der Waals surface area contributed by atoms with E-state index in [1.807, 2.05) is 66.5 Å². The molecule has 1 aromatic heterocycles. The van der Waals surface area contributed by atoms with E-state index in [0.29, 0.717) is 5.56 Å². The van der Waals surface area contributed by atoms with Crippen LogP contribution in [0.5, 0.6) is 0 Å². The van der Waals surface area contributed by atoms with Gasteiger partial charge < -0.3 is 4.90 Å². The van der Waals surface area contributed by atoms with Gasteiger partial charge in [0.25, 0.3) is 0 Å². The summed E-state index contributed by atoms with van der Waals surface area (Å²) >= 11 is 0. The van der Waals surface area contributed by atoms with Gasteiger partial charge in [-0.15, -0.1) is 0 Å². The molecule has 3 heteroatoms. The van der Waals surface area contributed by atoms with Crippen LogP contribution in [-0.4, -0.2) is 12.0 Å². The Morgan fingerprint density at radius 2 is 1.70 bits per heavy atom. The van der Waals surface area contributed by atoms with E-state index in [2.05, 4.69) is 17.1 Å². The van der Waals surface area contributed by atoms with Gasteiger partial charge in [-0.25, -0.2) is 4.98 Å². The van der Waals surface area contributed by atoms with E-state index in [9.17, 15) is 0 Å². The van der Waals surface area contributed by atoms with Crippen LogP contribution in [0.15, 0.2) is 60.7 Å². The highest BCUT2D eigenvalue weighted by molar-refractivity contribution is 5.81. The zero-order chi connectivity index (χ0) is 13.9. The Kier molecular flexibility index (Phi) is 3.06. The molecule has 96 valence electrons. The van der Waals surface area contributed by atoms with Crippen LogP contribution < -0.4 is 4.90 Å². The van der Waals surface area contributed by atoms with E-state index >= 15 is 0 Å². The summed E-state index contributed by atoms with van der Waals surface area (Å²) in [6.07, 6.45) is 0. The normalized spacial score (nSPS) is 10.2. The van der Waals surface area contributed by atoms with Crippen LogP contribution in [0.4, 0.5) is 11.5 Å². The molecule has 2 aromatic carbocycles. The number of nitriles is 1. The van der Waals surface area contributed by atoms with Crippen molar-refractivity contribution in [1.82, 2.24) is 4.98 Å². The van der Waals surface area contributed by atoms with Crippen LogP contribution in [-0.2, 0) is 0 Å². The quantitative estimate of drug-likeness (QED) is 0.701. The fourth-order valence-corrected chi connectivity index (χ4v) is 2.13. The molecule has 3 rings (SSSR count). The lowest BCUT2D eigenvalue weighted by Gasteiger charge is -2.18. The number of rotatable bonds is 2. The van der Waals surface area contributed by atoms with Crippen molar-refractivity contribution in [2.75, 3.05) is 11.9 Å². The first-order valence-corrected chi connectivity index (χ1v) is 6.37. The summed E-state index contributed by atoms with van der Waals surface area (Å²) in [6.45, 7) is 0. The van der Waals surface area contributed by atoms with E-state index in [4.69, 9.17) is 5.26 Å². The second-order valence-electron chi connectivity index (χ2n) is 4.58. The van der Waals surface area contributed by atoms with E-state index in [1.54, 1.807) is 0 Å². The molecule has 20 heavy (non-hydrogen) atoms. The van der Waals surface area contributed by atoms with Crippen molar-refractivity contribution in [3.8, 4) is 6.07 Å². The Morgan fingerprint density at radius 1 is 0.950 bits per heavy atom. The van der Waals surface area contributed by atoms with Crippen LogP contribution in [0.2, 0.25) is 0 Å². The van der Waals surface area contributed by atoms with Crippen molar-refractivity contribution in [3.05, 3.63) is 66.2 Å². The van der Waals surface area contributed by atoms with Crippen molar-refractivity contribution in [3.63, 3.8) is 0 Å². The first-order chi connectivity index (χ1) is 9.78. The maximum Gasteiger partial charge on any atom is 0.133 e. The third kappa shape index (κ3) is 2.19. The molecule has 0 unspecified atom stereocenters. The van der Waals surface area contributed by atoms with E-state index in [-0.39, 0.29) is 0 Å². The number of hydrogen-bond acceptors (Lipinski definition) is 3. The molecule has 0 aliphatic rings. The number of para-hydroxylation sites is 1. The number of pyridine rings is 1. The standard InChI is InChI=1S/C17H13N3/c1-20(15-9-6-13(12-18)7-10-15)17-11-8-14-4-2-3-5-16(14)19-17/h2-11H,1H3. The maximum atomic E-state index is 8.83. The van der Waals surface area contributed by atoms with E-state index < -0.39 is 0 Å². The van der Waals surface area contributed by atoms with Gasteiger partial charge in [0.15, 0.2) is 0 Å². The molecule has 3 aromatic rings. The zero-order valence-corrected chi connectivity index (χ0v) is 11.1. The second kappa shape index (κ2) is 5.02. The average Bonchev–Trinajstić information content (AvgIpc) is 2.54. The summed E-state index contributed by atoms with van der Waals surface area (Å²) < 4.78 is 0. The number of nitrogens with zero attached hydrogens (tertiary/aromatic N) is 3. The van der Waals surface area contributed by atoms with Gasteiger partial charge >= 0.3 is 0 Å². The molecule has 0 atom stereocenters. The number of fused-ring (bicyclic) bond motifs is 1. The largest absolute Gasteiger partial charge is 0.329 e. The molecular weight excluding hydrogens is 246 g/mol. The van der Waals surface area contributed by atoms with Crippen LogP contribution in [0.1, 0.15) is 5.56 Å². The minimum Gasteiger partial charge on any atom is -0.329 e. The summed E-state index contributed by atoms with van der Waals surface area (Å²) in [5, 5.41) is 9.96. The summed E-state index contributed by atoms with van der Waals surface area (Å²) in [5.74, 6) is 0.883. The minimum absolute atomic E-state index is 0.661. The van der Waals surface area contributed by atoms with Gasteiger partial charge in [0.05, 0.1) is 17.1 Å². The molecule has 0 radical (unpaired) electrons. The summed E-state index contributed by atoms with van der Waals surface area (Å²) in [4.78, 5) is 6.66. The van der Waals surface area contributed by atoms with Gasteiger partial charge in [0.1, 0.15) is 5.82 Å². The van der Waals surface area contributed by atoms with Crippen LogP contribution in [0.25, 0.3) is 10.9 Å².